The van der Waals surface area contributed by atoms with Gasteiger partial charge in [-0.3, -0.25) is 0 Å². The lowest BCUT2D eigenvalue weighted by atomic mass is 10.1. The van der Waals surface area contributed by atoms with Crippen LogP contribution < -0.4 is 4.74 Å². The summed E-state index contributed by atoms with van der Waals surface area (Å²) in [7, 11) is 1.65. The molecule has 2 aromatic rings. The quantitative estimate of drug-likeness (QED) is 0.798. The molecule has 0 unspecified atom stereocenters. The predicted octanol–water partition coefficient (Wildman–Crippen LogP) is 3.14. The molecular formula is C13H16ClN3O. The number of aromatic nitrogens is 3. The van der Waals surface area contributed by atoms with Gasteiger partial charge in [0, 0.05) is 6.07 Å². The summed E-state index contributed by atoms with van der Waals surface area (Å²) < 4.78 is 7.05. The van der Waals surface area contributed by atoms with Gasteiger partial charge in [-0.15, -0.1) is 16.7 Å². The number of rotatable bonds is 4. The summed E-state index contributed by atoms with van der Waals surface area (Å²) >= 11 is 5.89. The molecule has 5 heteroatoms. The van der Waals surface area contributed by atoms with Gasteiger partial charge in [0.25, 0.3) is 0 Å². The van der Waals surface area contributed by atoms with Crippen LogP contribution in [-0.2, 0) is 5.88 Å². The van der Waals surface area contributed by atoms with E-state index in [-0.39, 0.29) is 0 Å². The standard InChI is InChI=1S/C13H16ClN3O/c1-9(2)13-12(8-14)15-16-17(13)10-5-4-6-11(7-10)18-3/h4-7,9H,8H2,1-3H3. The van der Waals surface area contributed by atoms with Crippen molar-refractivity contribution >= 4 is 11.6 Å². The van der Waals surface area contributed by atoms with Crippen LogP contribution in [0.2, 0.25) is 0 Å². The van der Waals surface area contributed by atoms with Crippen molar-refractivity contribution in [3.05, 3.63) is 35.7 Å². The average Bonchev–Trinajstić information content (AvgIpc) is 2.82. The minimum absolute atomic E-state index is 0.306. The first kappa shape index (κ1) is 12.9. The van der Waals surface area contributed by atoms with Gasteiger partial charge in [0.15, 0.2) is 0 Å². The van der Waals surface area contributed by atoms with Gasteiger partial charge in [-0.2, -0.15) is 0 Å². The molecule has 0 amide bonds. The topological polar surface area (TPSA) is 39.9 Å². The predicted molar refractivity (Wildman–Crippen MR) is 71.6 cm³/mol. The zero-order valence-corrected chi connectivity index (χ0v) is 11.5. The highest BCUT2D eigenvalue weighted by Crippen LogP contribution is 2.24. The number of benzene rings is 1. The maximum Gasteiger partial charge on any atom is 0.121 e. The molecule has 0 aliphatic carbocycles. The van der Waals surface area contributed by atoms with Gasteiger partial charge in [-0.1, -0.05) is 25.1 Å². The van der Waals surface area contributed by atoms with Crippen LogP contribution in [0.3, 0.4) is 0 Å². The zero-order chi connectivity index (χ0) is 13.1. The lowest BCUT2D eigenvalue weighted by molar-refractivity contribution is 0.414. The second-order valence-electron chi connectivity index (χ2n) is 4.32. The molecule has 0 fully saturated rings. The molecule has 96 valence electrons. The van der Waals surface area contributed by atoms with Crippen molar-refractivity contribution in [2.45, 2.75) is 25.6 Å². The molecule has 0 N–H and O–H groups in total. The van der Waals surface area contributed by atoms with Crippen molar-refractivity contribution in [2.75, 3.05) is 7.11 Å². The molecule has 0 saturated carbocycles. The van der Waals surface area contributed by atoms with E-state index < -0.39 is 0 Å². The summed E-state index contributed by atoms with van der Waals surface area (Å²) in [4.78, 5) is 0. The van der Waals surface area contributed by atoms with Gasteiger partial charge in [0.1, 0.15) is 11.4 Å². The Balaban J connectivity index is 2.52. The number of halogens is 1. The number of alkyl halides is 1. The number of methoxy groups -OCH3 is 1. The highest BCUT2D eigenvalue weighted by atomic mass is 35.5. The van der Waals surface area contributed by atoms with Gasteiger partial charge in [0.05, 0.1) is 24.4 Å². The third kappa shape index (κ3) is 2.34. The van der Waals surface area contributed by atoms with Crippen LogP contribution in [0.25, 0.3) is 5.69 Å². The summed E-state index contributed by atoms with van der Waals surface area (Å²) in [6, 6.07) is 7.73. The maximum atomic E-state index is 5.89. The van der Waals surface area contributed by atoms with E-state index in [0.717, 1.165) is 22.8 Å². The average molecular weight is 266 g/mol. The van der Waals surface area contributed by atoms with Crippen LogP contribution in [0, 0.1) is 0 Å². The van der Waals surface area contributed by atoms with E-state index in [4.69, 9.17) is 16.3 Å². The molecular weight excluding hydrogens is 250 g/mol. The molecule has 0 bridgehead atoms. The minimum Gasteiger partial charge on any atom is -0.497 e. The number of hydrogen-bond donors (Lipinski definition) is 0. The lowest BCUT2D eigenvalue weighted by Crippen LogP contribution is -2.05. The summed E-state index contributed by atoms with van der Waals surface area (Å²) in [5, 5.41) is 8.31. The van der Waals surface area contributed by atoms with E-state index in [1.807, 2.05) is 28.9 Å². The van der Waals surface area contributed by atoms with Crippen LogP contribution in [-0.4, -0.2) is 22.1 Å². The molecule has 2 rings (SSSR count). The van der Waals surface area contributed by atoms with Gasteiger partial charge in [-0.05, 0) is 18.1 Å². The van der Waals surface area contributed by atoms with Crippen molar-refractivity contribution in [1.82, 2.24) is 15.0 Å². The lowest BCUT2D eigenvalue weighted by Gasteiger charge is -2.11. The summed E-state index contributed by atoms with van der Waals surface area (Å²) in [5.41, 5.74) is 2.80. The summed E-state index contributed by atoms with van der Waals surface area (Å²) in [6.45, 7) is 4.21. The van der Waals surface area contributed by atoms with Crippen molar-refractivity contribution in [2.24, 2.45) is 0 Å². The molecule has 1 aromatic carbocycles. The van der Waals surface area contributed by atoms with Crippen LogP contribution >= 0.6 is 11.6 Å². The fourth-order valence-electron chi connectivity index (χ4n) is 1.93. The Bertz CT molecular complexity index is 537. The van der Waals surface area contributed by atoms with E-state index in [0.29, 0.717) is 11.8 Å². The normalized spacial score (nSPS) is 10.9. The van der Waals surface area contributed by atoms with E-state index in [9.17, 15) is 0 Å². The molecule has 1 heterocycles. The SMILES string of the molecule is COc1cccc(-n2nnc(CCl)c2C(C)C)c1. The van der Waals surface area contributed by atoms with Gasteiger partial charge in [0.2, 0.25) is 0 Å². The van der Waals surface area contributed by atoms with Crippen LogP contribution in [0.1, 0.15) is 31.2 Å². The van der Waals surface area contributed by atoms with Gasteiger partial charge < -0.3 is 4.74 Å². The van der Waals surface area contributed by atoms with Gasteiger partial charge >= 0.3 is 0 Å². The first-order chi connectivity index (χ1) is 8.67. The number of ether oxygens (including phenoxy) is 1. The van der Waals surface area contributed by atoms with Crippen molar-refractivity contribution in [3.8, 4) is 11.4 Å². The number of nitrogens with zero attached hydrogens (tertiary/aromatic N) is 3. The largest absolute Gasteiger partial charge is 0.497 e. The molecule has 0 spiro atoms. The third-order valence-corrected chi connectivity index (χ3v) is 3.00. The second kappa shape index (κ2) is 5.40. The monoisotopic (exact) mass is 265 g/mol. The maximum absolute atomic E-state index is 5.89. The fourth-order valence-corrected chi connectivity index (χ4v) is 2.12. The van der Waals surface area contributed by atoms with E-state index in [1.54, 1.807) is 7.11 Å². The second-order valence-corrected chi connectivity index (χ2v) is 4.59. The fraction of sp³-hybridized carbons (Fsp3) is 0.385. The zero-order valence-electron chi connectivity index (χ0n) is 10.7. The first-order valence-corrected chi connectivity index (χ1v) is 6.35. The van der Waals surface area contributed by atoms with Crippen LogP contribution in [0.15, 0.2) is 24.3 Å². The van der Waals surface area contributed by atoms with Crippen LogP contribution in [0.4, 0.5) is 0 Å². The molecule has 0 atom stereocenters. The Morgan fingerprint density at radius 3 is 2.78 bits per heavy atom. The van der Waals surface area contributed by atoms with Crippen LogP contribution in [0.5, 0.6) is 5.75 Å². The highest BCUT2D eigenvalue weighted by molar-refractivity contribution is 6.16. The van der Waals surface area contributed by atoms with E-state index in [1.165, 1.54) is 0 Å². The molecule has 0 radical (unpaired) electrons. The first-order valence-electron chi connectivity index (χ1n) is 5.82. The Kier molecular flexibility index (Phi) is 3.87. The van der Waals surface area contributed by atoms with Crippen molar-refractivity contribution in [3.63, 3.8) is 0 Å². The van der Waals surface area contributed by atoms with Crippen molar-refractivity contribution < 1.29 is 4.74 Å². The smallest absolute Gasteiger partial charge is 0.121 e. The highest BCUT2D eigenvalue weighted by Gasteiger charge is 2.16. The Morgan fingerprint density at radius 2 is 2.17 bits per heavy atom. The molecule has 4 nitrogen and oxygen atoms in total. The van der Waals surface area contributed by atoms with Crippen molar-refractivity contribution in [1.29, 1.82) is 0 Å². The Labute approximate surface area is 112 Å². The molecule has 1 aromatic heterocycles. The molecule has 18 heavy (non-hydrogen) atoms. The molecule has 0 aliphatic heterocycles. The molecule has 0 aliphatic rings. The summed E-state index contributed by atoms with van der Waals surface area (Å²) in [6.07, 6.45) is 0. The van der Waals surface area contributed by atoms with E-state index in [2.05, 4.69) is 24.2 Å². The Morgan fingerprint density at radius 1 is 1.39 bits per heavy atom. The van der Waals surface area contributed by atoms with Gasteiger partial charge in [-0.25, -0.2) is 4.68 Å². The van der Waals surface area contributed by atoms with E-state index >= 15 is 0 Å². The summed E-state index contributed by atoms with van der Waals surface area (Å²) in [5.74, 6) is 1.47. The minimum atomic E-state index is 0.306. The molecule has 0 saturated heterocycles. The Hall–Kier alpha value is -1.55. The number of hydrogen-bond acceptors (Lipinski definition) is 3. The third-order valence-electron chi connectivity index (χ3n) is 2.75.